The van der Waals surface area contributed by atoms with Crippen LogP contribution in [0.4, 0.5) is 5.82 Å². The van der Waals surface area contributed by atoms with Gasteiger partial charge in [0, 0.05) is 56.5 Å². The average molecular weight is 472 g/mol. The van der Waals surface area contributed by atoms with Crippen molar-refractivity contribution in [2.75, 3.05) is 44.6 Å². The predicted octanol–water partition coefficient (Wildman–Crippen LogP) is 1.19. The van der Waals surface area contributed by atoms with E-state index in [4.69, 9.17) is 9.97 Å². The maximum absolute atomic E-state index is 12.0. The van der Waals surface area contributed by atoms with E-state index in [0.717, 1.165) is 41.0 Å². The average Bonchev–Trinajstić information content (AvgIpc) is 3.13. The van der Waals surface area contributed by atoms with Crippen LogP contribution in [0.25, 0.3) is 21.6 Å². The van der Waals surface area contributed by atoms with Crippen LogP contribution in [0.2, 0.25) is 0 Å². The first-order chi connectivity index (χ1) is 15.9. The summed E-state index contributed by atoms with van der Waals surface area (Å²) >= 11 is 1.65. The van der Waals surface area contributed by atoms with Crippen LogP contribution in [0.3, 0.4) is 0 Å². The molecule has 0 aromatic carbocycles. The number of aliphatic hydroxyl groups excluding tert-OH is 2. The van der Waals surface area contributed by atoms with Gasteiger partial charge in [-0.25, -0.2) is 19.9 Å². The lowest BCUT2D eigenvalue weighted by molar-refractivity contribution is -0.141. The maximum Gasteiger partial charge on any atom is 0.251 e. The van der Waals surface area contributed by atoms with Gasteiger partial charge >= 0.3 is 0 Å². The van der Waals surface area contributed by atoms with Crippen molar-refractivity contribution in [3.05, 3.63) is 28.7 Å². The minimum atomic E-state index is -0.960. The second-order valence-corrected chi connectivity index (χ2v) is 9.28. The second kappa shape index (κ2) is 10.0. The smallest absolute Gasteiger partial charge is 0.251 e. The molecule has 33 heavy (non-hydrogen) atoms. The normalized spacial score (nSPS) is 15.7. The van der Waals surface area contributed by atoms with Crippen LogP contribution >= 0.6 is 11.3 Å². The largest absolute Gasteiger partial charge is 0.395 e. The van der Waals surface area contributed by atoms with Crippen molar-refractivity contribution in [1.29, 1.82) is 0 Å². The van der Waals surface area contributed by atoms with Crippen LogP contribution in [0.1, 0.15) is 23.2 Å². The Kier molecular flexibility index (Phi) is 7.13. The molecule has 1 aliphatic heterocycles. The number of carbonyl (C=O) groups is 1. The van der Waals surface area contributed by atoms with E-state index in [1.165, 1.54) is 11.8 Å². The molecular formula is C22H29N7O3S. The Morgan fingerprint density at radius 3 is 2.52 bits per heavy atom. The third-order valence-electron chi connectivity index (χ3n) is 5.72. The number of hydrogen-bond acceptors (Lipinski definition) is 10. The van der Waals surface area contributed by atoms with Gasteiger partial charge in [0.15, 0.2) is 5.82 Å². The quantitative estimate of drug-likeness (QED) is 0.466. The first-order valence-corrected chi connectivity index (χ1v) is 11.8. The summed E-state index contributed by atoms with van der Waals surface area (Å²) < 4.78 is 0.954. The molecule has 0 spiro atoms. The Balaban J connectivity index is 1.60. The molecule has 3 N–H and O–H groups in total. The van der Waals surface area contributed by atoms with Crippen LogP contribution < -0.4 is 5.32 Å². The Morgan fingerprint density at radius 2 is 1.88 bits per heavy atom. The molecule has 10 nitrogen and oxygen atoms in total. The summed E-state index contributed by atoms with van der Waals surface area (Å²) in [6.07, 6.45) is 2.48. The molecule has 1 fully saturated rings. The third-order valence-corrected chi connectivity index (χ3v) is 6.99. The van der Waals surface area contributed by atoms with E-state index in [9.17, 15) is 15.0 Å². The zero-order valence-corrected chi connectivity index (χ0v) is 19.9. The summed E-state index contributed by atoms with van der Waals surface area (Å²) in [5.41, 5.74) is 2.71. The van der Waals surface area contributed by atoms with E-state index in [1.54, 1.807) is 28.6 Å². The SMILES string of the molecule is Cc1ncc(-c2nc(NCCO)c3sc(CN4CCN(C(=O)[C@H](C)O)CC4)c(C)c3n2)cn1. The molecule has 0 bridgehead atoms. The van der Waals surface area contributed by atoms with Gasteiger partial charge < -0.3 is 20.4 Å². The predicted molar refractivity (Wildman–Crippen MR) is 127 cm³/mol. The van der Waals surface area contributed by atoms with Crippen molar-refractivity contribution in [3.63, 3.8) is 0 Å². The number of carbonyl (C=O) groups excluding carboxylic acids is 1. The van der Waals surface area contributed by atoms with E-state index in [1.807, 2.05) is 6.92 Å². The highest BCUT2D eigenvalue weighted by Crippen LogP contribution is 2.36. The first-order valence-electron chi connectivity index (χ1n) is 11.0. The van der Waals surface area contributed by atoms with E-state index >= 15 is 0 Å². The number of hydrogen-bond donors (Lipinski definition) is 3. The van der Waals surface area contributed by atoms with Gasteiger partial charge in [0.25, 0.3) is 5.91 Å². The summed E-state index contributed by atoms with van der Waals surface area (Å²) in [6, 6.07) is 0. The Labute approximate surface area is 196 Å². The van der Waals surface area contributed by atoms with Gasteiger partial charge in [-0.15, -0.1) is 11.3 Å². The Morgan fingerprint density at radius 1 is 1.18 bits per heavy atom. The molecular weight excluding hydrogens is 442 g/mol. The number of rotatable bonds is 7. The lowest BCUT2D eigenvalue weighted by atomic mass is 10.2. The van der Waals surface area contributed by atoms with Gasteiger partial charge in [0.2, 0.25) is 0 Å². The minimum absolute atomic E-state index is 0.00113. The molecule has 1 aliphatic rings. The number of thiophene rings is 1. The van der Waals surface area contributed by atoms with E-state index < -0.39 is 6.10 Å². The van der Waals surface area contributed by atoms with E-state index in [0.29, 0.717) is 37.1 Å². The number of fused-ring (bicyclic) bond motifs is 1. The molecule has 11 heteroatoms. The molecule has 1 saturated heterocycles. The highest BCUT2D eigenvalue weighted by Gasteiger charge is 2.25. The molecule has 4 heterocycles. The molecule has 3 aromatic heterocycles. The molecule has 4 rings (SSSR count). The van der Waals surface area contributed by atoms with Crippen molar-refractivity contribution in [1.82, 2.24) is 29.7 Å². The molecule has 0 radical (unpaired) electrons. The molecule has 176 valence electrons. The molecule has 0 unspecified atom stereocenters. The lowest BCUT2D eigenvalue weighted by Crippen LogP contribution is -2.50. The molecule has 0 saturated carbocycles. The number of aryl methyl sites for hydroxylation is 2. The van der Waals surface area contributed by atoms with Crippen LogP contribution in [0.15, 0.2) is 12.4 Å². The Hall–Kier alpha value is -2.73. The number of amides is 1. The van der Waals surface area contributed by atoms with Crippen LogP contribution in [0, 0.1) is 13.8 Å². The van der Waals surface area contributed by atoms with Crippen LogP contribution in [-0.2, 0) is 11.3 Å². The van der Waals surface area contributed by atoms with Gasteiger partial charge in [-0.2, -0.15) is 0 Å². The zero-order chi connectivity index (χ0) is 23.5. The zero-order valence-electron chi connectivity index (χ0n) is 19.1. The molecule has 1 atom stereocenters. The fourth-order valence-electron chi connectivity index (χ4n) is 3.81. The lowest BCUT2D eigenvalue weighted by Gasteiger charge is -2.35. The highest BCUT2D eigenvalue weighted by molar-refractivity contribution is 7.19. The monoisotopic (exact) mass is 471 g/mol. The highest BCUT2D eigenvalue weighted by atomic mass is 32.1. The Bertz CT molecular complexity index is 1130. The number of anilines is 1. The fourth-order valence-corrected chi connectivity index (χ4v) is 5.06. The second-order valence-electron chi connectivity index (χ2n) is 8.17. The van der Waals surface area contributed by atoms with Crippen molar-refractivity contribution >= 4 is 33.3 Å². The molecule has 0 aliphatic carbocycles. The topological polar surface area (TPSA) is 128 Å². The fraction of sp³-hybridized carbons (Fsp3) is 0.500. The van der Waals surface area contributed by atoms with Crippen molar-refractivity contribution in [2.45, 2.75) is 33.4 Å². The van der Waals surface area contributed by atoms with Gasteiger partial charge in [0.1, 0.15) is 17.7 Å². The van der Waals surface area contributed by atoms with Crippen molar-refractivity contribution < 1.29 is 15.0 Å². The van der Waals surface area contributed by atoms with E-state index in [-0.39, 0.29) is 12.5 Å². The van der Waals surface area contributed by atoms with E-state index in [2.05, 4.69) is 27.1 Å². The van der Waals surface area contributed by atoms with Crippen molar-refractivity contribution in [2.24, 2.45) is 0 Å². The van der Waals surface area contributed by atoms with Crippen LogP contribution in [-0.4, -0.2) is 91.3 Å². The maximum atomic E-state index is 12.0. The van der Waals surface area contributed by atoms with Gasteiger partial charge in [-0.1, -0.05) is 0 Å². The summed E-state index contributed by atoms with van der Waals surface area (Å²) in [5.74, 6) is 1.70. The van der Waals surface area contributed by atoms with Crippen LogP contribution in [0.5, 0.6) is 0 Å². The van der Waals surface area contributed by atoms with Gasteiger partial charge in [-0.05, 0) is 26.3 Å². The summed E-state index contributed by atoms with van der Waals surface area (Å²) in [4.78, 5) is 35.3. The number of aliphatic hydroxyl groups is 2. The third kappa shape index (κ3) is 5.11. The molecule has 3 aromatic rings. The minimum Gasteiger partial charge on any atom is -0.395 e. The molecule has 1 amide bonds. The summed E-state index contributed by atoms with van der Waals surface area (Å²) in [5, 5.41) is 22.1. The number of piperazine rings is 1. The van der Waals surface area contributed by atoms with Crippen molar-refractivity contribution in [3.8, 4) is 11.4 Å². The summed E-state index contributed by atoms with van der Waals surface area (Å²) in [7, 11) is 0. The van der Waals surface area contributed by atoms with Gasteiger partial charge in [-0.3, -0.25) is 9.69 Å². The first kappa shape index (κ1) is 23.4. The number of aromatic nitrogens is 4. The number of nitrogens with zero attached hydrogens (tertiary/aromatic N) is 6. The van der Waals surface area contributed by atoms with Gasteiger partial charge in [0.05, 0.1) is 22.4 Å². The summed E-state index contributed by atoms with van der Waals surface area (Å²) in [6.45, 7) is 9.27. The number of nitrogens with one attached hydrogen (secondary N) is 1. The standard InChI is InChI=1S/C22H29N7O3S/c1-13-17(12-28-5-7-29(8-6-28)22(32)14(2)31)33-19-18(13)26-20(27-21(19)23-4-9-30)16-10-24-15(3)25-11-16/h10-11,14,30-31H,4-9,12H2,1-3H3,(H,23,26,27)/t14-/m0/s1.